The number of anilines is 1. The Morgan fingerprint density at radius 2 is 1.93 bits per heavy atom. The number of hydrogen-bond acceptors (Lipinski definition) is 4. The maximum Gasteiger partial charge on any atom is 0.143 e. The van der Waals surface area contributed by atoms with Crippen LogP contribution in [0.4, 0.5) is 5.82 Å². The fourth-order valence-corrected chi connectivity index (χ4v) is 1.80. The van der Waals surface area contributed by atoms with Crippen LogP contribution in [0.5, 0.6) is 0 Å². The Morgan fingerprint density at radius 1 is 1.33 bits per heavy atom. The van der Waals surface area contributed by atoms with Crippen LogP contribution in [0.15, 0.2) is 16.7 Å². The van der Waals surface area contributed by atoms with Gasteiger partial charge in [0.05, 0.1) is 17.7 Å². The minimum Gasteiger partial charge on any atom is -0.395 e. The number of halogens is 1. The molecule has 0 saturated heterocycles. The molecule has 0 atom stereocenters. The second-order valence-corrected chi connectivity index (χ2v) is 3.99. The molecule has 0 fully saturated rings. The van der Waals surface area contributed by atoms with Crippen molar-refractivity contribution in [1.82, 2.24) is 4.98 Å². The van der Waals surface area contributed by atoms with Crippen molar-refractivity contribution in [2.24, 2.45) is 0 Å². The lowest BCUT2D eigenvalue weighted by atomic mass is 10.3. The van der Waals surface area contributed by atoms with Gasteiger partial charge in [-0.05, 0) is 34.5 Å². The van der Waals surface area contributed by atoms with Gasteiger partial charge in [-0.1, -0.05) is 0 Å². The lowest BCUT2D eigenvalue weighted by molar-refractivity contribution is 0.280. The Bertz CT molecular complexity index is 314. The number of nitrogens with zero attached hydrogens (tertiary/aromatic N) is 2. The van der Waals surface area contributed by atoms with E-state index in [-0.39, 0.29) is 13.2 Å². The van der Waals surface area contributed by atoms with Crippen molar-refractivity contribution in [1.29, 1.82) is 0 Å². The van der Waals surface area contributed by atoms with Crippen LogP contribution < -0.4 is 4.90 Å². The summed E-state index contributed by atoms with van der Waals surface area (Å²) in [6, 6.07) is 1.91. The number of aliphatic hydroxyl groups is 2. The van der Waals surface area contributed by atoms with Crippen molar-refractivity contribution >= 4 is 21.7 Å². The number of hydrogen-bond donors (Lipinski definition) is 2. The zero-order valence-electron chi connectivity index (χ0n) is 8.65. The van der Waals surface area contributed by atoms with Crippen LogP contribution in [-0.2, 0) is 0 Å². The highest BCUT2D eigenvalue weighted by Gasteiger charge is 2.11. The predicted molar refractivity (Wildman–Crippen MR) is 63.1 cm³/mol. The van der Waals surface area contributed by atoms with Crippen LogP contribution in [0.3, 0.4) is 0 Å². The lowest BCUT2D eigenvalue weighted by Gasteiger charge is -2.23. The zero-order valence-corrected chi connectivity index (χ0v) is 10.2. The number of pyridine rings is 1. The van der Waals surface area contributed by atoms with Crippen molar-refractivity contribution in [2.45, 2.75) is 6.92 Å². The molecular weight excluding hydrogens is 260 g/mol. The normalized spacial score (nSPS) is 10.4. The molecule has 0 amide bonds. The Morgan fingerprint density at radius 3 is 2.47 bits per heavy atom. The Labute approximate surface area is 97.7 Å². The average Bonchev–Trinajstić information content (AvgIpc) is 2.22. The van der Waals surface area contributed by atoms with Crippen molar-refractivity contribution in [2.75, 3.05) is 31.2 Å². The van der Waals surface area contributed by atoms with Crippen LogP contribution in [0.25, 0.3) is 0 Å². The molecule has 5 heteroatoms. The predicted octanol–water partition coefficient (Wildman–Crippen LogP) is 0.944. The minimum absolute atomic E-state index is 0.0437. The summed E-state index contributed by atoms with van der Waals surface area (Å²) in [6.07, 6.45) is 1.72. The fraction of sp³-hybridized carbons (Fsp3) is 0.500. The first kappa shape index (κ1) is 12.4. The Hall–Kier alpha value is -0.650. The van der Waals surface area contributed by atoms with Gasteiger partial charge in [-0.3, -0.25) is 0 Å². The third kappa shape index (κ3) is 3.15. The molecule has 2 N–H and O–H groups in total. The van der Waals surface area contributed by atoms with Gasteiger partial charge in [0.1, 0.15) is 5.82 Å². The van der Waals surface area contributed by atoms with E-state index in [0.29, 0.717) is 13.1 Å². The van der Waals surface area contributed by atoms with E-state index >= 15 is 0 Å². The molecule has 0 aliphatic carbocycles. The van der Waals surface area contributed by atoms with Gasteiger partial charge >= 0.3 is 0 Å². The largest absolute Gasteiger partial charge is 0.395 e. The third-order valence-corrected chi connectivity index (χ3v) is 3.08. The molecule has 4 nitrogen and oxygen atoms in total. The summed E-state index contributed by atoms with van der Waals surface area (Å²) in [4.78, 5) is 6.08. The van der Waals surface area contributed by atoms with E-state index < -0.39 is 0 Å². The van der Waals surface area contributed by atoms with Crippen molar-refractivity contribution in [3.05, 3.63) is 22.3 Å². The van der Waals surface area contributed by atoms with Gasteiger partial charge in [-0.15, -0.1) is 0 Å². The monoisotopic (exact) mass is 274 g/mol. The molecule has 0 aromatic carbocycles. The Kier molecular flexibility index (Phi) is 5.01. The summed E-state index contributed by atoms with van der Waals surface area (Å²) in [5, 5.41) is 17.8. The van der Waals surface area contributed by atoms with Crippen LogP contribution in [0.1, 0.15) is 5.56 Å². The van der Waals surface area contributed by atoms with E-state index in [9.17, 15) is 0 Å². The molecule has 1 rings (SSSR count). The molecule has 0 unspecified atom stereocenters. The SMILES string of the molecule is Cc1ccnc(N(CCO)CCO)c1Br. The maximum absolute atomic E-state index is 8.92. The zero-order chi connectivity index (χ0) is 11.3. The summed E-state index contributed by atoms with van der Waals surface area (Å²) in [6.45, 7) is 3.00. The molecule has 0 aliphatic heterocycles. The van der Waals surface area contributed by atoms with Gasteiger partial charge < -0.3 is 15.1 Å². The summed E-state index contributed by atoms with van der Waals surface area (Å²) in [5.74, 6) is 0.762. The van der Waals surface area contributed by atoms with Crippen molar-refractivity contribution < 1.29 is 10.2 Å². The standard InChI is InChI=1S/C10H15BrN2O2/c1-8-2-3-12-10(9(8)11)13(4-6-14)5-7-15/h2-3,14-15H,4-7H2,1H3. The number of aryl methyl sites for hydroxylation is 1. The van der Waals surface area contributed by atoms with E-state index in [1.165, 1.54) is 0 Å². The summed E-state index contributed by atoms with van der Waals surface area (Å²) < 4.78 is 0.909. The van der Waals surface area contributed by atoms with Gasteiger partial charge in [0.2, 0.25) is 0 Å². The first-order valence-electron chi connectivity index (χ1n) is 4.78. The van der Waals surface area contributed by atoms with Crippen molar-refractivity contribution in [3.63, 3.8) is 0 Å². The van der Waals surface area contributed by atoms with Gasteiger partial charge in [-0.25, -0.2) is 4.98 Å². The second kappa shape index (κ2) is 6.05. The highest BCUT2D eigenvalue weighted by molar-refractivity contribution is 9.10. The average molecular weight is 275 g/mol. The van der Waals surface area contributed by atoms with Crippen molar-refractivity contribution in [3.8, 4) is 0 Å². The number of rotatable bonds is 5. The quantitative estimate of drug-likeness (QED) is 0.840. The first-order valence-corrected chi connectivity index (χ1v) is 5.57. The fourth-order valence-electron chi connectivity index (χ4n) is 1.31. The van der Waals surface area contributed by atoms with Crippen LogP contribution in [-0.4, -0.2) is 41.5 Å². The molecule has 84 valence electrons. The van der Waals surface area contributed by atoms with E-state index in [4.69, 9.17) is 10.2 Å². The van der Waals surface area contributed by atoms with E-state index in [1.54, 1.807) is 6.20 Å². The maximum atomic E-state index is 8.92. The third-order valence-electron chi connectivity index (χ3n) is 2.10. The lowest BCUT2D eigenvalue weighted by Crippen LogP contribution is -2.30. The summed E-state index contributed by atoms with van der Waals surface area (Å²) in [5.41, 5.74) is 1.08. The first-order chi connectivity index (χ1) is 7.20. The number of aliphatic hydroxyl groups excluding tert-OH is 2. The van der Waals surface area contributed by atoms with Crippen LogP contribution in [0.2, 0.25) is 0 Å². The van der Waals surface area contributed by atoms with Crippen LogP contribution in [0, 0.1) is 6.92 Å². The summed E-state index contributed by atoms with van der Waals surface area (Å²) >= 11 is 3.45. The molecule has 15 heavy (non-hydrogen) atoms. The molecule has 1 heterocycles. The smallest absolute Gasteiger partial charge is 0.143 e. The molecule has 0 spiro atoms. The molecule has 0 bridgehead atoms. The van der Waals surface area contributed by atoms with Gasteiger partial charge in [0.25, 0.3) is 0 Å². The second-order valence-electron chi connectivity index (χ2n) is 3.20. The van der Waals surface area contributed by atoms with Gasteiger partial charge in [-0.2, -0.15) is 0 Å². The number of aromatic nitrogens is 1. The van der Waals surface area contributed by atoms with E-state index in [0.717, 1.165) is 15.9 Å². The highest BCUT2D eigenvalue weighted by Crippen LogP contribution is 2.26. The van der Waals surface area contributed by atoms with Gasteiger partial charge in [0, 0.05) is 19.3 Å². The highest BCUT2D eigenvalue weighted by atomic mass is 79.9. The van der Waals surface area contributed by atoms with Crippen LogP contribution >= 0.6 is 15.9 Å². The molecule has 0 aliphatic rings. The molecular formula is C10H15BrN2O2. The topological polar surface area (TPSA) is 56.6 Å². The molecule has 1 aromatic rings. The van der Waals surface area contributed by atoms with E-state index in [2.05, 4.69) is 20.9 Å². The molecule has 1 aromatic heterocycles. The summed E-state index contributed by atoms with van der Waals surface area (Å²) in [7, 11) is 0. The minimum atomic E-state index is 0.0437. The Balaban J connectivity index is 2.94. The molecule has 0 saturated carbocycles. The molecule has 0 radical (unpaired) electrons. The van der Waals surface area contributed by atoms with Gasteiger partial charge in [0.15, 0.2) is 0 Å². The van der Waals surface area contributed by atoms with E-state index in [1.807, 2.05) is 17.9 Å².